The number of esters is 1. The van der Waals surface area contributed by atoms with E-state index in [1.54, 1.807) is 18.0 Å². The monoisotopic (exact) mass is 291 g/mol. The van der Waals surface area contributed by atoms with Crippen LogP contribution in [-0.2, 0) is 4.74 Å². The molecule has 92 valence electrons. The van der Waals surface area contributed by atoms with Crippen LogP contribution in [0.25, 0.3) is 0 Å². The van der Waals surface area contributed by atoms with Crippen molar-refractivity contribution >= 4 is 46.8 Å². The Labute approximate surface area is 114 Å². The van der Waals surface area contributed by atoms with Gasteiger partial charge >= 0.3 is 5.97 Å². The number of carbonyl (C=O) groups excluding carboxylic acids is 1. The second-order valence-corrected chi connectivity index (χ2v) is 5.46. The van der Waals surface area contributed by atoms with Crippen molar-refractivity contribution in [2.45, 2.75) is 6.42 Å². The SMILES string of the molecule is COC(=O)c1cc(Cl)c(Cl)c(N2CCCS2)c1. The van der Waals surface area contributed by atoms with E-state index in [4.69, 9.17) is 23.2 Å². The number of anilines is 1. The Morgan fingerprint density at radius 2 is 2.24 bits per heavy atom. The molecular formula is C11H11Cl2NO2S. The fraction of sp³-hybridized carbons (Fsp3) is 0.364. The summed E-state index contributed by atoms with van der Waals surface area (Å²) in [5.41, 5.74) is 1.20. The summed E-state index contributed by atoms with van der Waals surface area (Å²) in [5.74, 6) is 0.644. The largest absolute Gasteiger partial charge is 0.465 e. The highest BCUT2D eigenvalue weighted by molar-refractivity contribution is 8.00. The van der Waals surface area contributed by atoms with Gasteiger partial charge in [0.15, 0.2) is 0 Å². The minimum Gasteiger partial charge on any atom is -0.465 e. The summed E-state index contributed by atoms with van der Waals surface area (Å²) in [5, 5.41) is 0.853. The standard InChI is InChI=1S/C11H11Cl2NO2S/c1-16-11(15)7-5-8(12)10(13)9(6-7)14-3-2-4-17-14/h5-6H,2-4H2,1H3. The minimum atomic E-state index is -0.408. The number of methoxy groups -OCH3 is 1. The van der Waals surface area contributed by atoms with Crippen molar-refractivity contribution < 1.29 is 9.53 Å². The number of benzene rings is 1. The molecule has 0 radical (unpaired) electrons. The highest BCUT2D eigenvalue weighted by atomic mass is 35.5. The van der Waals surface area contributed by atoms with Crippen molar-refractivity contribution in [3.63, 3.8) is 0 Å². The normalized spacial score (nSPS) is 15.1. The summed E-state index contributed by atoms with van der Waals surface area (Å²) in [4.78, 5) is 11.5. The van der Waals surface area contributed by atoms with Crippen molar-refractivity contribution in [2.75, 3.05) is 23.7 Å². The van der Waals surface area contributed by atoms with Gasteiger partial charge in [0, 0.05) is 12.3 Å². The Hall–Kier alpha value is -0.580. The zero-order valence-corrected chi connectivity index (χ0v) is 11.5. The molecule has 1 aromatic rings. The lowest BCUT2D eigenvalue weighted by Gasteiger charge is -2.19. The van der Waals surface area contributed by atoms with Crippen LogP contribution in [0.15, 0.2) is 12.1 Å². The van der Waals surface area contributed by atoms with Crippen molar-refractivity contribution in [2.24, 2.45) is 0 Å². The molecule has 0 atom stereocenters. The fourth-order valence-corrected chi connectivity index (χ4v) is 3.12. The molecule has 0 N–H and O–H groups in total. The molecule has 6 heteroatoms. The van der Waals surface area contributed by atoms with Gasteiger partial charge < -0.3 is 9.04 Å². The predicted molar refractivity (Wildman–Crippen MR) is 72.2 cm³/mol. The molecule has 2 rings (SSSR count). The average molecular weight is 292 g/mol. The highest BCUT2D eigenvalue weighted by Gasteiger charge is 2.20. The van der Waals surface area contributed by atoms with Crippen LogP contribution in [0.2, 0.25) is 10.0 Å². The van der Waals surface area contributed by atoms with Gasteiger partial charge in [0.25, 0.3) is 0 Å². The Morgan fingerprint density at radius 3 is 2.82 bits per heavy atom. The first-order valence-electron chi connectivity index (χ1n) is 5.11. The number of hydrogen-bond donors (Lipinski definition) is 0. The first-order chi connectivity index (χ1) is 8.13. The van der Waals surface area contributed by atoms with Crippen LogP contribution in [0.4, 0.5) is 5.69 Å². The van der Waals surface area contributed by atoms with Gasteiger partial charge in [-0.2, -0.15) is 0 Å². The van der Waals surface area contributed by atoms with Crippen LogP contribution >= 0.6 is 35.1 Å². The molecule has 0 spiro atoms. The lowest BCUT2D eigenvalue weighted by atomic mass is 10.2. The summed E-state index contributed by atoms with van der Waals surface area (Å²) in [7, 11) is 1.34. The molecular weight excluding hydrogens is 281 g/mol. The summed E-state index contributed by atoms with van der Waals surface area (Å²) in [6.07, 6.45) is 1.10. The van der Waals surface area contributed by atoms with E-state index in [0.717, 1.165) is 24.4 Å². The van der Waals surface area contributed by atoms with Crippen molar-refractivity contribution in [1.82, 2.24) is 0 Å². The molecule has 1 aliphatic heterocycles. The molecule has 1 saturated heterocycles. The van der Waals surface area contributed by atoms with Crippen molar-refractivity contribution in [3.05, 3.63) is 27.7 Å². The summed E-state index contributed by atoms with van der Waals surface area (Å²) < 4.78 is 6.74. The lowest BCUT2D eigenvalue weighted by molar-refractivity contribution is 0.0601. The van der Waals surface area contributed by atoms with Crippen LogP contribution in [0.1, 0.15) is 16.8 Å². The number of ether oxygens (including phenoxy) is 1. The topological polar surface area (TPSA) is 29.5 Å². The number of hydrogen-bond acceptors (Lipinski definition) is 4. The highest BCUT2D eigenvalue weighted by Crippen LogP contribution is 2.39. The fourth-order valence-electron chi connectivity index (χ4n) is 1.63. The van der Waals surface area contributed by atoms with E-state index in [1.807, 2.05) is 0 Å². The first kappa shape index (κ1) is 12.9. The molecule has 1 aromatic carbocycles. The van der Waals surface area contributed by atoms with Crippen LogP contribution in [-0.4, -0.2) is 25.4 Å². The maximum atomic E-state index is 11.5. The van der Waals surface area contributed by atoms with E-state index in [2.05, 4.69) is 9.04 Å². The molecule has 0 aliphatic carbocycles. The van der Waals surface area contributed by atoms with E-state index in [1.165, 1.54) is 13.2 Å². The summed E-state index contributed by atoms with van der Waals surface area (Å²) in [6.45, 7) is 0.908. The molecule has 3 nitrogen and oxygen atoms in total. The molecule has 0 unspecified atom stereocenters. The minimum absolute atomic E-state index is 0.372. The molecule has 0 aromatic heterocycles. The quantitative estimate of drug-likeness (QED) is 0.615. The van der Waals surface area contributed by atoms with Gasteiger partial charge in [-0.3, -0.25) is 0 Å². The molecule has 0 saturated carbocycles. The maximum absolute atomic E-state index is 11.5. The third-order valence-electron chi connectivity index (χ3n) is 2.45. The second kappa shape index (κ2) is 5.38. The van der Waals surface area contributed by atoms with Crippen LogP contribution in [0, 0.1) is 0 Å². The number of halogens is 2. The van der Waals surface area contributed by atoms with Gasteiger partial charge in [0.2, 0.25) is 0 Å². The van der Waals surface area contributed by atoms with Gasteiger partial charge in [-0.15, -0.1) is 0 Å². The zero-order valence-electron chi connectivity index (χ0n) is 9.20. The Bertz CT molecular complexity index is 447. The molecule has 1 aliphatic rings. The second-order valence-electron chi connectivity index (χ2n) is 3.57. The molecule has 0 amide bonds. The van der Waals surface area contributed by atoms with Gasteiger partial charge in [0.05, 0.1) is 28.4 Å². The van der Waals surface area contributed by atoms with Crippen molar-refractivity contribution in [1.29, 1.82) is 0 Å². The van der Waals surface area contributed by atoms with Gasteiger partial charge in [-0.25, -0.2) is 4.79 Å². The smallest absolute Gasteiger partial charge is 0.337 e. The van der Waals surface area contributed by atoms with Gasteiger partial charge in [0.1, 0.15) is 0 Å². The lowest BCUT2D eigenvalue weighted by Crippen LogP contribution is -2.11. The molecule has 0 bridgehead atoms. The third kappa shape index (κ3) is 2.64. The van der Waals surface area contributed by atoms with E-state index in [-0.39, 0.29) is 0 Å². The molecule has 1 heterocycles. The Morgan fingerprint density at radius 1 is 1.47 bits per heavy atom. The van der Waals surface area contributed by atoms with E-state index in [0.29, 0.717) is 15.6 Å². The zero-order chi connectivity index (χ0) is 12.4. The van der Waals surface area contributed by atoms with Gasteiger partial charge in [-0.1, -0.05) is 23.2 Å². The van der Waals surface area contributed by atoms with E-state index < -0.39 is 5.97 Å². The van der Waals surface area contributed by atoms with Crippen LogP contribution in [0.5, 0.6) is 0 Å². The number of rotatable bonds is 2. The summed E-state index contributed by atoms with van der Waals surface area (Å²) >= 11 is 13.9. The van der Waals surface area contributed by atoms with Crippen LogP contribution in [0.3, 0.4) is 0 Å². The summed E-state index contributed by atoms with van der Waals surface area (Å²) in [6, 6.07) is 3.25. The van der Waals surface area contributed by atoms with E-state index in [9.17, 15) is 4.79 Å². The average Bonchev–Trinajstić information content (AvgIpc) is 2.85. The Kier molecular flexibility index (Phi) is 4.07. The van der Waals surface area contributed by atoms with E-state index >= 15 is 0 Å². The third-order valence-corrected chi connectivity index (χ3v) is 4.41. The predicted octanol–water partition coefficient (Wildman–Crippen LogP) is 3.64. The number of carbonyl (C=O) groups is 1. The van der Waals surface area contributed by atoms with Crippen molar-refractivity contribution in [3.8, 4) is 0 Å². The van der Waals surface area contributed by atoms with Crippen LogP contribution < -0.4 is 4.31 Å². The first-order valence-corrected chi connectivity index (χ1v) is 6.81. The van der Waals surface area contributed by atoms with Gasteiger partial charge in [-0.05, 0) is 30.5 Å². The molecule has 1 fully saturated rings. The molecule has 17 heavy (non-hydrogen) atoms. The number of nitrogens with zero attached hydrogens (tertiary/aromatic N) is 1. The maximum Gasteiger partial charge on any atom is 0.337 e. The Balaban J connectivity index is 2.42.